The number of rotatable bonds is 5. The van der Waals surface area contributed by atoms with Gasteiger partial charge in [0.05, 0.1) is 5.60 Å². The van der Waals surface area contributed by atoms with Gasteiger partial charge in [-0.05, 0) is 34.6 Å². The molecule has 1 heterocycles. The number of aryl methyl sites for hydroxylation is 1. The van der Waals surface area contributed by atoms with Gasteiger partial charge in [-0.2, -0.15) is 0 Å². The zero-order chi connectivity index (χ0) is 14.8. The molecule has 0 saturated carbocycles. The lowest BCUT2D eigenvalue weighted by Crippen LogP contribution is -2.44. The van der Waals surface area contributed by atoms with Crippen LogP contribution in [-0.2, 0) is 11.3 Å². The quantitative estimate of drug-likeness (QED) is 0.883. The lowest BCUT2D eigenvalue weighted by atomic mass is 10.1. The van der Waals surface area contributed by atoms with E-state index in [1.165, 1.54) is 4.57 Å². The summed E-state index contributed by atoms with van der Waals surface area (Å²) in [6.07, 6.45) is 0. The molecule has 1 rings (SSSR count). The number of carbonyl (C=O) groups excluding carboxylic acids is 1. The number of hydrogen-bond donors (Lipinski definition) is 1. The summed E-state index contributed by atoms with van der Waals surface area (Å²) in [5.41, 5.74) is -0.0985. The van der Waals surface area contributed by atoms with E-state index in [0.717, 1.165) is 21.9 Å². The van der Waals surface area contributed by atoms with E-state index in [1.54, 1.807) is 18.7 Å². The molecule has 0 radical (unpaired) electrons. The van der Waals surface area contributed by atoms with Crippen LogP contribution in [0.5, 0.6) is 0 Å². The highest BCUT2D eigenvalue weighted by Gasteiger charge is 2.22. The van der Waals surface area contributed by atoms with Gasteiger partial charge in [-0.1, -0.05) is 11.3 Å². The van der Waals surface area contributed by atoms with Crippen molar-refractivity contribution in [2.45, 2.75) is 46.8 Å². The lowest BCUT2D eigenvalue weighted by Gasteiger charge is -2.28. The van der Waals surface area contributed by atoms with Crippen LogP contribution in [0.3, 0.4) is 0 Å². The molecule has 108 valence electrons. The van der Waals surface area contributed by atoms with Crippen molar-refractivity contribution in [3.63, 3.8) is 0 Å². The summed E-state index contributed by atoms with van der Waals surface area (Å²) in [5, 5.41) is 9.79. The van der Waals surface area contributed by atoms with Crippen LogP contribution in [0, 0.1) is 13.8 Å². The molecule has 0 bridgehead atoms. The molecule has 1 N–H and O–H groups in total. The Morgan fingerprint density at radius 3 is 2.37 bits per heavy atom. The maximum absolute atomic E-state index is 12.2. The van der Waals surface area contributed by atoms with Crippen molar-refractivity contribution in [2.24, 2.45) is 0 Å². The fourth-order valence-corrected chi connectivity index (χ4v) is 2.68. The van der Waals surface area contributed by atoms with E-state index < -0.39 is 5.60 Å². The summed E-state index contributed by atoms with van der Waals surface area (Å²) in [5.74, 6) is -0.146. The van der Waals surface area contributed by atoms with E-state index in [1.807, 2.05) is 20.8 Å². The monoisotopic (exact) mass is 286 g/mol. The summed E-state index contributed by atoms with van der Waals surface area (Å²) in [4.78, 5) is 26.3. The molecule has 0 aliphatic carbocycles. The van der Waals surface area contributed by atoms with Gasteiger partial charge in [0.15, 0.2) is 0 Å². The van der Waals surface area contributed by atoms with E-state index in [2.05, 4.69) is 0 Å². The van der Waals surface area contributed by atoms with E-state index >= 15 is 0 Å². The SMILES string of the molecule is CCN(CC(C)(C)O)C(=O)Cn1c(C)c(C)sc1=O. The fourth-order valence-electron chi connectivity index (χ4n) is 1.85. The van der Waals surface area contributed by atoms with Gasteiger partial charge in [0.25, 0.3) is 0 Å². The summed E-state index contributed by atoms with van der Waals surface area (Å²) in [6, 6.07) is 0. The third-order valence-corrected chi connectivity index (χ3v) is 3.98. The van der Waals surface area contributed by atoms with E-state index in [9.17, 15) is 14.7 Å². The Labute approximate surface area is 117 Å². The first-order valence-corrected chi connectivity index (χ1v) is 7.14. The summed E-state index contributed by atoms with van der Waals surface area (Å²) >= 11 is 1.16. The second-order valence-corrected chi connectivity index (χ2v) is 6.48. The number of nitrogens with zero attached hydrogens (tertiary/aromatic N) is 2. The minimum atomic E-state index is -0.934. The van der Waals surface area contributed by atoms with Crippen molar-refractivity contribution in [3.05, 3.63) is 20.2 Å². The molecule has 0 saturated heterocycles. The van der Waals surface area contributed by atoms with Gasteiger partial charge >= 0.3 is 4.87 Å². The zero-order valence-corrected chi connectivity index (χ0v) is 13.0. The Morgan fingerprint density at radius 2 is 2.00 bits per heavy atom. The maximum Gasteiger partial charge on any atom is 0.308 e. The number of carbonyl (C=O) groups is 1. The predicted octanol–water partition coefficient (Wildman–Crippen LogP) is 1.15. The van der Waals surface area contributed by atoms with E-state index in [-0.39, 0.29) is 23.9 Å². The van der Waals surface area contributed by atoms with E-state index in [0.29, 0.717) is 6.54 Å². The number of amides is 1. The average Bonchev–Trinajstić information content (AvgIpc) is 2.51. The Hall–Kier alpha value is -1.14. The van der Waals surface area contributed by atoms with Crippen molar-refractivity contribution < 1.29 is 9.90 Å². The minimum Gasteiger partial charge on any atom is -0.389 e. The Morgan fingerprint density at radius 1 is 1.42 bits per heavy atom. The van der Waals surface area contributed by atoms with Crippen molar-refractivity contribution in [3.8, 4) is 0 Å². The second kappa shape index (κ2) is 5.88. The summed E-state index contributed by atoms with van der Waals surface area (Å²) < 4.78 is 1.50. The summed E-state index contributed by atoms with van der Waals surface area (Å²) in [6.45, 7) is 9.71. The molecule has 0 aliphatic heterocycles. The Bertz CT molecular complexity index is 511. The fraction of sp³-hybridized carbons (Fsp3) is 0.692. The van der Waals surface area contributed by atoms with Crippen LogP contribution in [0.15, 0.2) is 4.79 Å². The molecule has 0 aromatic carbocycles. The molecule has 1 aromatic rings. The molecule has 0 aliphatic rings. The number of hydrogen-bond acceptors (Lipinski definition) is 4. The molecule has 0 fully saturated rings. The first-order chi connectivity index (χ1) is 8.65. The van der Waals surface area contributed by atoms with Gasteiger partial charge in [-0.25, -0.2) is 0 Å². The molecule has 0 unspecified atom stereocenters. The molecular weight excluding hydrogens is 264 g/mol. The lowest BCUT2D eigenvalue weighted by molar-refractivity contribution is -0.134. The first kappa shape index (κ1) is 15.9. The zero-order valence-electron chi connectivity index (χ0n) is 12.2. The molecule has 0 spiro atoms. The number of likely N-dealkylation sites (N-methyl/N-ethyl adjacent to an activating group) is 1. The third-order valence-electron chi connectivity index (χ3n) is 2.98. The Kier molecular flexibility index (Phi) is 4.92. The second-order valence-electron chi connectivity index (χ2n) is 5.32. The normalized spacial score (nSPS) is 11.7. The van der Waals surface area contributed by atoms with Crippen LogP contribution in [-0.4, -0.2) is 39.2 Å². The van der Waals surface area contributed by atoms with Gasteiger partial charge < -0.3 is 10.0 Å². The summed E-state index contributed by atoms with van der Waals surface area (Å²) in [7, 11) is 0. The number of aromatic nitrogens is 1. The molecule has 5 nitrogen and oxygen atoms in total. The average molecular weight is 286 g/mol. The Balaban J connectivity index is 2.86. The predicted molar refractivity (Wildman–Crippen MR) is 76.6 cm³/mol. The van der Waals surface area contributed by atoms with Crippen LogP contribution in [0.4, 0.5) is 0 Å². The van der Waals surface area contributed by atoms with Crippen LogP contribution < -0.4 is 4.87 Å². The van der Waals surface area contributed by atoms with Crippen LogP contribution in [0.1, 0.15) is 31.3 Å². The van der Waals surface area contributed by atoms with Crippen molar-refractivity contribution >= 4 is 17.2 Å². The topological polar surface area (TPSA) is 62.5 Å². The first-order valence-electron chi connectivity index (χ1n) is 6.32. The number of thiazole rings is 1. The van der Waals surface area contributed by atoms with Crippen molar-refractivity contribution in [1.82, 2.24) is 9.47 Å². The molecule has 1 amide bonds. The van der Waals surface area contributed by atoms with Crippen molar-refractivity contribution in [2.75, 3.05) is 13.1 Å². The van der Waals surface area contributed by atoms with Gasteiger partial charge in [-0.15, -0.1) is 0 Å². The molecule has 19 heavy (non-hydrogen) atoms. The third kappa shape index (κ3) is 4.18. The van der Waals surface area contributed by atoms with Gasteiger partial charge in [0.2, 0.25) is 5.91 Å². The van der Waals surface area contributed by atoms with Crippen LogP contribution >= 0.6 is 11.3 Å². The molecule has 0 atom stereocenters. The highest BCUT2D eigenvalue weighted by molar-refractivity contribution is 7.09. The highest BCUT2D eigenvalue weighted by Crippen LogP contribution is 2.11. The highest BCUT2D eigenvalue weighted by atomic mass is 32.1. The maximum atomic E-state index is 12.2. The largest absolute Gasteiger partial charge is 0.389 e. The number of aliphatic hydroxyl groups is 1. The van der Waals surface area contributed by atoms with Gasteiger partial charge in [0, 0.05) is 23.7 Å². The molecule has 6 heteroatoms. The molecular formula is C13H22N2O3S. The van der Waals surface area contributed by atoms with E-state index in [4.69, 9.17) is 0 Å². The minimum absolute atomic E-state index is 0.0406. The standard InChI is InChI=1S/C13H22N2O3S/c1-6-14(8-13(4,5)18)11(16)7-15-9(2)10(3)19-12(15)17/h18H,6-8H2,1-5H3. The smallest absolute Gasteiger partial charge is 0.308 e. The van der Waals surface area contributed by atoms with Crippen molar-refractivity contribution in [1.29, 1.82) is 0 Å². The molecule has 1 aromatic heterocycles. The van der Waals surface area contributed by atoms with Gasteiger partial charge in [-0.3, -0.25) is 14.2 Å². The van der Waals surface area contributed by atoms with Gasteiger partial charge in [0.1, 0.15) is 6.54 Å². The van der Waals surface area contributed by atoms with Crippen LogP contribution in [0.2, 0.25) is 0 Å². The van der Waals surface area contributed by atoms with Crippen LogP contribution in [0.25, 0.3) is 0 Å².